The monoisotopic (exact) mass is 403 g/mol. The summed E-state index contributed by atoms with van der Waals surface area (Å²) < 4.78 is 1.37. The van der Waals surface area contributed by atoms with Gasteiger partial charge in [0.05, 0.1) is 2.88 Å². The van der Waals surface area contributed by atoms with E-state index in [0.29, 0.717) is 5.41 Å². The first-order valence-electron chi connectivity index (χ1n) is 7.41. The zero-order valence-corrected chi connectivity index (χ0v) is 15.0. The zero-order valence-electron chi connectivity index (χ0n) is 12.0. The highest BCUT2D eigenvalue weighted by atomic mass is 127. The van der Waals surface area contributed by atoms with E-state index in [4.69, 9.17) is 0 Å². The number of hydrogen-bond donors (Lipinski definition) is 1. The van der Waals surface area contributed by atoms with Crippen LogP contribution in [0.4, 0.5) is 0 Å². The Bertz CT molecular complexity index is 493. The molecule has 3 rings (SSSR count). The molecule has 5 heteroatoms. The second kappa shape index (κ2) is 6.22. The Morgan fingerprint density at radius 2 is 2.30 bits per heavy atom. The molecule has 0 amide bonds. The van der Waals surface area contributed by atoms with Crippen molar-refractivity contribution in [2.75, 3.05) is 26.7 Å². The van der Waals surface area contributed by atoms with Gasteiger partial charge >= 0.3 is 0 Å². The lowest BCUT2D eigenvalue weighted by Gasteiger charge is -2.38. The third kappa shape index (κ3) is 3.13. The summed E-state index contributed by atoms with van der Waals surface area (Å²) in [6.07, 6.45) is 6.72. The van der Waals surface area contributed by atoms with Crippen LogP contribution in [-0.4, -0.2) is 37.5 Å². The highest BCUT2D eigenvalue weighted by Crippen LogP contribution is 2.47. The van der Waals surface area contributed by atoms with Gasteiger partial charge in [0, 0.05) is 31.6 Å². The number of halogens is 1. The van der Waals surface area contributed by atoms with Crippen LogP contribution >= 0.6 is 33.9 Å². The number of thiophene rings is 1. The molecule has 1 N–H and O–H groups in total. The molecule has 1 aliphatic heterocycles. The number of likely N-dealkylation sites (tertiary alicyclic amines) is 1. The van der Waals surface area contributed by atoms with Crippen LogP contribution in [0.1, 0.15) is 30.6 Å². The molecule has 2 heterocycles. The summed E-state index contributed by atoms with van der Waals surface area (Å²) in [5, 5.41) is 3.54. The van der Waals surface area contributed by atoms with Crippen molar-refractivity contribution in [3.05, 3.63) is 19.9 Å². The van der Waals surface area contributed by atoms with E-state index in [2.05, 4.69) is 49.9 Å². The van der Waals surface area contributed by atoms with Crippen molar-refractivity contribution in [2.45, 2.75) is 32.1 Å². The van der Waals surface area contributed by atoms with Crippen LogP contribution in [0.5, 0.6) is 0 Å². The highest BCUT2D eigenvalue weighted by molar-refractivity contribution is 14.1. The zero-order chi connectivity index (χ0) is 14.0. The standard InChI is InChI=1S/C15H22IN3S/c1-17-14(18-9-5-12-3-4-13(16)20-12)19-10-8-15(11-19)6-2-7-15/h3-4H,2,5-11H2,1H3,(H,17,18). The van der Waals surface area contributed by atoms with Gasteiger partial charge in [0.1, 0.15) is 0 Å². The fourth-order valence-corrected chi connectivity index (χ4v) is 5.07. The summed E-state index contributed by atoms with van der Waals surface area (Å²) in [5.41, 5.74) is 0.640. The van der Waals surface area contributed by atoms with Crippen LogP contribution in [0, 0.1) is 8.30 Å². The Hall–Kier alpha value is -0.300. The van der Waals surface area contributed by atoms with Crippen molar-refractivity contribution in [1.29, 1.82) is 0 Å². The fourth-order valence-electron chi connectivity index (χ4n) is 3.32. The van der Waals surface area contributed by atoms with Crippen LogP contribution in [-0.2, 0) is 6.42 Å². The van der Waals surface area contributed by atoms with Gasteiger partial charge in [-0.3, -0.25) is 4.99 Å². The van der Waals surface area contributed by atoms with Crippen LogP contribution in [0.3, 0.4) is 0 Å². The molecule has 110 valence electrons. The first-order valence-corrected chi connectivity index (χ1v) is 9.30. The SMILES string of the molecule is CN=C(NCCc1ccc(I)s1)N1CCC2(CCC2)C1. The van der Waals surface area contributed by atoms with Gasteiger partial charge in [-0.05, 0) is 65.8 Å². The molecule has 3 nitrogen and oxygen atoms in total. The van der Waals surface area contributed by atoms with Crippen molar-refractivity contribution >= 4 is 39.9 Å². The molecule has 2 aliphatic rings. The second-order valence-electron chi connectivity index (χ2n) is 5.95. The molecule has 0 radical (unpaired) electrons. The van der Waals surface area contributed by atoms with Gasteiger partial charge in [-0.1, -0.05) is 6.42 Å². The predicted molar refractivity (Wildman–Crippen MR) is 94.6 cm³/mol. The number of rotatable bonds is 3. The van der Waals surface area contributed by atoms with E-state index < -0.39 is 0 Å². The Labute approximate surface area is 139 Å². The van der Waals surface area contributed by atoms with Crippen molar-refractivity contribution in [1.82, 2.24) is 10.2 Å². The Morgan fingerprint density at radius 1 is 1.45 bits per heavy atom. The maximum absolute atomic E-state index is 4.46. The summed E-state index contributed by atoms with van der Waals surface area (Å²) >= 11 is 4.27. The van der Waals surface area contributed by atoms with E-state index >= 15 is 0 Å². The first kappa shape index (κ1) is 14.6. The molecule has 0 unspecified atom stereocenters. The molecule has 1 aromatic heterocycles. The lowest BCUT2D eigenvalue weighted by atomic mass is 9.68. The topological polar surface area (TPSA) is 27.6 Å². The smallest absolute Gasteiger partial charge is 0.193 e. The van der Waals surface area contributed by atoms with Crippen molar-refractivity contribution in [2.24, 2.45) is 10.4 Å². The molecular formula is C15H22IN3S. The number of nitrogens with zero attached hydrogens (tertiary/aromatic N) is 2. The van der Waals surface area contributed by atoms with E-state index in [1.54, 1.807) is 0 Å². The molecule has 1 spiro atoms. The summed E-state index contributed by atoms with van der Waals surface area (Å²) in [6, 6.07) is 4.42. The molecule has 20 heavy (non-hydrogen) atoms. The average Bonchev–Trinajstić information content (AvgIpc) is 3.01. The molecule has 1 aliphatic carbocycles. The minimum absolute atomic E-state index is 0.640. The number of aliphatic imine (C=N–C) groups is 1. The lowest BCUT2D eigenvalue weighted by Crippen LogP contribution is -2.43. The van der Waals surface area contributed by atoms with Crippen molar-refractivity contribution < 1.29 is 0 Å². The van der Waals surface area contributed by atoms with Crippen molar-refractivity contribution in [3.63, 3.8) is 0 Å². The number of hydrogen-bond acceptors (Lipinski definition) is 2. The molecule has 0 bridgehead atoms. The van der Waals surface area contributed by atoms with Crippen molar-refractivity contribution in [3.8, 4) is 0 Å². The quantitative estimate of drug-likeness (QED) is 0.476. The lowest BCUT2D eigenvalue weighted by molar-refractivity contribution is 0.151. The van der Waals surface area contributed by atoms with Gasteiger partial charge in [0.2, 0.25) is 0 Å². The van der Waals surface area contributed by atoms with E-state index in [0.717, 1.165) is 18.9 Å². The number of guanidine groups is 1. The molecule has 1 aromatic rings. The third-order valence-corrected chi connectivity index (χ3v) is 6.60. The predicted octanol–water partition coefficient (Wildman–Crippen LogP) is 3.35. The van der Waals surface area contributed by atoms with Crippen LogP contribution < -0.4 is 5.32 Å². The maximum atomic E-state index is 4.46. The van der Waals surface area contributed by atoms with Gasteiger partial charge in [-0.2, -0.15) is 0 Å². The summed E-state index contributed by atoms with van der Waals surface area (Å²) in [4.78, 5) is 8.37. The van der Waals surface area contributed by atoms with E-state index in [9.17, 15) is 0 Å². The van der Waals surface area contributed by atoms with E-state index in [-0.39, 0.29) is 0 Å². The largest absolute Gasteiger partial charge is 0.356 e. The summed E-state index contributed by atoms with van der Waals surface area (Å²) in [6.45, 7) is 3.37. The molecule has 0 atom stereocenters. The average molecular weight is 403 g/mol. The summed E-state index contributed by atoms with van der Waals surface area (Å²) in [7, 11) is 1.90. The minimum Gasteiger partial charge on any atom is -0.356 e. The molecule has 1 saturated heterocycles. The highest BCUT2D eigenvalue weighted by Gasteiger charge is 2.43. The Morgan fingerprint density at radius 3 is 2.85 bits per heavy atom. The van der Waals surface area contributed by atoms with Gasteiger partial charge in [0.15, 0.2) is 5.96 Å². The second-order valence-corrected chi connectivity index (χ2v) is 9.02. The van der Waals surface area contributed by atoms with Crippen LogP contribution in [0.2, 0.25) is 0 Å². The number of nitrogens with one attached hydrogen (secondary N) is 1. The van der Waals surface area contributed by atoms with E-state index in [1.165, 1.54) is 46.5 Å². The van der Waals surface area contributed by atoms with Gasteiger partial charge in [-0.15, -0.1) is 11.3 Å². The van der Waals surface area contributed by atoms with Gasteiger partial charge in [-0.25, -0.2) is 0 Å². The van der Waals surface area contributed by atoms with Crippen LogP contribution in [0.25, 0.3) is 0 Å². The molecule has 0 aromatic carbocycles. The maximum Gasteiger partial charge on any atom is 0.193 e. The van der Waals surface area contributed by atoms with E-state index in [1.807, 2.05) is 18.4 Å². The fraction of sp³-hybridized carbons (Fsp3) is 0.667. The molecule has 1 saturated carbocycles. The third-order valence-electron chi connectivity index (χ3n) is 4.65. The van der Waals surface area contributed by atoms with Gasteiger partial charge < -0.3 is 10.2 Å². The Balaban J connectivity index is 1.48. The van der Waals surface area contributed by atoms with Crippen LogP contribution in [0.15, 0.2) is 17.1 Å². The minimum atomic E-state index is 0.640. The first-order chi connectivity index (χ1) is 9.71. The molecule has 2 fully saturated rings. The summed E-state index contributed by atoms with van der Waals surface area (Å²) in [5.74, 6) is 1.10. The molecular weight excluding hydrogens is 381 g/mol. The normalized spacial score (nSPS) is 21.3. The Kier molecular flexibility index (Phi) is 4.55. The van der Waals surface area contributed by atoms with Gasteiger partial charge in [0.25, 0.3) is 0 Å².